The highest BCUT2D eigenvalue weighted by atomic mass is 32.2. The first kappa shape index (κ1) is 15.1. The van der Waals surface area contributed by atoms with Crippen LogP contribution in [0, 0.1) is 0 Å². The maximum absolute atomic E-state index is 11.5. The van der Waals surface area contributed by atoms with Gasteiger partial charge in [-0.25, -0.2) is 14.8 Å². The van der Waals surface area contributed by atoms with Crippen molar-refractivity contribution in [3.63, 3.8) is 0 Å². The number of carboxylic acids is 1. The van der Waals surface area contributed by atoms with Gasteiger partial charge in [0, 0.05) is 29.5 Å². The lowest BCUT2D eigenvalue weighted by Crippen LogP contribution is -2.41. The molecule has 2 atom stereocenters. The van der Waals surface area contributed by atoms with Gasteiger partial charge >= 0.3 is 5.97 Å². The van der Waals surface area contributed by atoms with E-state index in [9.17, 15) is 9.90 Å². The number of hydrogen-bond acceptors (Lipinski definition) is 5. The van der Waals surface area contributed by atoms with Crippen LogP contribution in [0.1, 0.15) is 49.9 Å². The molecule has 1 aliphatic rings. The molecule has 1 aromatic rings. The van der Waals surface area contributed by atoms with Crippen molar-refractivity contribution < 1.29 is 9.90 Å². The number of aromatic carboxylic acids is 1. The number of thioether (sulfide) groups is 1. The monoisotopic (exact) mass is 295 g/mol. The van der Waals surface area contributed by atoms with Crippen LogP contribution in [-0.4, -0.2) is 44.6 Å². The van der Waals surface area contributed by atoms with Crippen molar-refractivity contribution in [2.24, 2.45) is 0 Å². The van der Waals surface area contributed by atoms with E-state index in [1.165, 1.54) is 0 Å². The van der Waals surface area contributed by atoms with Crippen molar-refractivity contribution >= 4 is 23.4 Å². The van der Waals surface area contributed by atoms with Crippen LogP contribution in [0.15, 0.2) is 6.20 Å². The smallest absolute Gasteiger partial charge is 0.356 e. The highest BCUT2D eigenvalue weighted by Gasteiger charge is 2.27. The second-order valence-electron chi connectivity index (χ2n) is 5.58. The summed E-state index contributed by atoms with van der Waals surface area (Å²) >= 11 is 1.93. The van der Waals surface area contributed by atoms with E-state index in [0.717, 1.165) is 13.1 Å². The lowest BCUT2D eigenvalue weighted by Gasteiger charge is -2.36. The van der Waals surface area contributed by atoms with Crippen molar-refractivity contribution in [2.75, 3.05) is 18.0 Å². The lowest BCUT2D eigenvalue weighted by molar-refractivity contribution is 0.0690. The molecule has 1 aromatic heterocycles. The van der Waals surface area contributed by atoms with Gasteiger partial charge in [-0.2, -0.15) is 11.8 Å². The first-order valence-corrected chi connectivity index (χ1v) is 7.83. The minimum Gasteiger partial charge on any atom is -0.476 e. The fourth-order valence-electron chi connectivity index (χ4n) is 2.43. The van der Waals surface area contributed by atoms with E-state index >= 15 is 0 Å². The maximum Gasteiger partial charge on any atom is 0.356 e. The third-order valence-corrected chi connectivity index (χ3v) is 4.49. The van der Waals surface area contributed by atoms with Crippen molar-refractivity contribution in [3.05, 3.63) is 17.7 Å². The van der Waals surface area contributed by atoms with Gasteiger partial charge in [-0.1, -0.05) is 27.7 Å². The van der Waals surface area contributed by atoms with E-state index in [-0.39, 0.29) is 11.6 Å². The SMILES string of the molecule is CC1CN(c2cnc(C(C)C)nc2C(=O)O)CC(C)S1. The Morgan fingerprint density at radius 2 is 2.00 bits per heavy atom. The Balaban J connectivity index is 2.37. The molecule has 110 valence electrons. The van der Waals surface area contributed by atoms with Crippen LogP contribution in [0.4, 0.5) is 5.69 Å². The van der Waals surface area contributed by atoms with Crippen molar-refractivity contribution in [3.8, 4) is 0 Å². The predicted molar refractivity (Wildman–Crippen MR) is 81.8 cm³/mol. The number of carboxylic acid groups (broad SMARTS) is 1. The molecule has 2 rings (SSSR count). The molecule has 2 unspecified atom stereocenters. The molecule has 1 N–H and O–H groups in total. The van der Waals surface area contributed by atoms with Crippen LogP contribution >= 0.6 is 11.8 Å². The number of rotatable bonds is 3. The summed E-state index contributed by atoms with van der Waals surface area (Å²) in [4.78, 5) is 22.1. The van der Waals surface area contributed by atoms with Gasteiger partial charge in [0.15, 0.2) is 5.69 Å². The standard InChI is InChI=1S/C14H21N3O2S/c1-8(2)13-15-5-11(12(16-13)14(18)19)17-6-9(3)20-10(4)7-17/h5,8-10H,6-7H2,1-4H3,(H,18,19). The summed E-state index contributed by atoms with van der Waals surface area (Å²) in [5.41, 5.74) is 0.760. The zero-order valence-electron chi connectivity index (χ0n) is 12.3. The second-order valence-corrected chi connectivity index (χ2v) is 7.47. The van der Waals surface area contributed by atoms with Gasteiger partial charge in [-0.15, -0.1) is 0 Å². The third-order valence-electron chi connectivity index (χ3n) is 3.27. The van der Waals surface area contributed by atoms with Gasteiger partial charge < -0.3 is 10.0 Å². The van der Waals surface area contributed by atoms with Gasteiger partial charge in [0.25, 0.3) is 0 Å². The molecular formula is C14H21N3O2S. The summed E-state index contributed by atoms with van der Waals surface area (Å²) < 4.78 is 0. The fourth-order valence-corrected chi connectivity index (χ4v) is 3.76. The Morgan fingerprint density at radius 3 is 2.50 bits per heavy atom. The summed E-state index contributed by atoms with van der Waals surface area (Å²) in [6.45, 7) is 9.91. The van der Waals surface area contributed by atoms with Gasteiger partial charge in [-0.3, -0.25) is 0 Å². The van der Waals surface area contributed by atoms with Crippen LogP contribution in [0.2, 0.25) is 0 Å². The minimum atomic E-state index is -0.983. The summed E-state index contributed by atoms with van der Waals surface area (Å²) in [6.07, 6.45) is 1.67. The van der Waals surface area contributed by atoms with Crippen LogP contribution in [0.3, 0.4) is 0 Å². The molecular weight excluding hydrogens is 274 g/mol. The van der Waals surface area contributed by atoms with Crippen LogP contribution in [0.25, 0.3) is 0 Å². The van der Waals surface area contributed by atoms with E-state index in [0.29, 0.717) is 22.0 Å². The van der Waals surface area contributed by atoms with Crippen molar-refractivity contribution in [1.82, 2.24) is 9.97 Å². The van der Waals surface area contributed by atoms with Gasteiger partial charge in [0.05, 0.1) is 11.9 Å². The highest BCUT2D eigenvalue weighted by Crippen LogP contribution is 2.30. The Labute approximate surface area is 123 Å². The Hall–Kier alpha value is -1.30. The third kappa shape index (κ3) is 3.23. The zero-order chi connectivity index (χ0) is 14.9. The normalized spacial score (nSPS) is 23.1. The average molecular weight is 295 g/mol. The van der Waals surface area contributed by atoms with Gasteiger partial charge in [0.1, 0.15) is 5.82 Å². The van der Waals surface area contributed by atoms with Crippen molar-refractivity contribution in [2.45, 2.75) is 44.1 Å². The molecule has 0 saturated carbocycles. The van der Waals surface area contributed by atoms with E-state index in [2.05, 4.69) is 28.7 Å². The molecule has 1 saturated heterocycles. The quantitative estimate of drug-likeness (QED) is 0.924. The van der Waals surface area contributed by atoms with Gasteiger partial charge in [-0.05, 0) is 0 Å². The van der Waals surface area contributed by atoms with Crippen molar-refractivity contribution in [1.29, 1.82) is 0 Å². The van der Waals surface area contributed by atoms with E-state index in [4.69, 9.17) is 0 Å². The van der Waals surface area contributed by atoms with Crippen LogP contribution < -0.4 is 4.90 Å². The summed E-state index contributed by atoms with van der Waals surface area (Å²) in [7, 11) is 0. The maximum atomic E-state index is 11.5. The van der Waals surface area contributed by atoms with Gasteiger partial charge in [0.2, 0.25) is 0 Å². The molecule has 0 spiro atoms. The zero-order valence-corrected chi connectivity index (χ0v) is 13.1. The first-order valence-electron chi connectivity index (χ1n) is 6.89. The number of carbonyl (C=O) groups is 1. The molecule has 0 aliphatic carbocycles. The highest BCUT2D eigenvalue weighted by molar-refractivity contribution is 8.00. The van der Waals surface area contributed by atoms with Crippen LogP contribution in [0.5, 0.6) is 0 Å². The second kappa shape index (κ2) is 5.99. The molecule has 1 fully saturated rings. The molecule has 0 amide bonds. The minimum absolute atomic E-state index is 0.120. The molecule has 6 heteroatoms. The topological polar surface area (TPSA) is 66.3 Å². The Morgan fingerprint density at radius 1 is 1.40 bits per heavy atom. The number of nitrogens with zero attached hydrogens (tertiary/aromatic N) is 3. The van der Waals surface area contributed by atoms with Crippen LogP contribution in [-0.2, 0) is 0 Å². The molecule has 1 aliphatic heterocycles. The largest absolute Gasteiger partial charge is 0.476 e. The molecule has 0 bridgehead atoms. The number of aromatic nitrogens is 2. The predicted octanol–water partition coefficient (Wildman–Crippen LogP) is 2.63. The number of anilines is 1. The Bertz CT molecular complexity index is 497. The van der Waals surface area contributed by atoms with E-state index < -0.39 is 5.97 Å². The summed E-state index contributed by atoms with van der Waals surface area (Å²) in [5, 5.41) is 10.4. The molecule has 0 radical (unpaired) electrons. The molecule has 0 aromatic carbocycles. The van der Waals surface area contributed by atoms with E-state index in [1.807, 2.05) is 25.6 Å². The summed E-state index contributed by atoms with van der Waals surface area (Å²) in [6, 6.07) is 0. The fraction of sp³-hybridized carbons (Fsp3) is 0.643. The first-order chi connectivity index (χ1) is 9.38. The average Bonchev–Trinajstić information content (AvgIpc) is 2.36. The Kier molecular flexibility index (Phi) is 4.52. The molecule has 2 heterocycles. The summed E-state index contributed by atoms with van der Waals surface area (Å²) in [5.74, 6) is -0.279. The molecule has 20 heavy (non-hydrogen) atoms. The number of hydrogen-bond donors (Lipinski definition) is 1. The molecule has 5 nitrogen and oxygen atoms in total. The lowest BCUT2D eigenvalue weighted by atomic mass is 10.2. The van der Waals surface area contributed by atoms with E-state index in [1.54, 1.807) is 6.20 Å².